The second kappa shape index (κ2) is 3.55. The Labute approximate surface area is 89.4 Å². The standard InChI is InChI=1S/C8H10BrN5/c1-11-6-2-3-7-12-5(4-10)8(9)14(7)13-6/h2-3H,4,10H2,1H3,(H,11,13). The first-order valence-electron chi connectivity index (χ1n) is 4.18. The predicted octanol–water partition coefficient (Wildman–Crippen LogP) is 0.992. The van der Waals surface area contributed by atoms with Gasteiger partial charge in [-0.1, -0.05) is 0 Å². The molecular weight excluding hydrogens is 246 g/mol. The van der Waals surface area contributed by atoms with Crippen LogP contribution in [0.1, 0.15) is 5.69 Å². The van der Waals surface area contributed by atoms with E-state index in [2.05, 4.69) is 31.3 Å². The number of aromatic nitrogens is 3. The fourth-order valence-corrected chi connectivity index (χ4v) is 1.73. The molecule has 0 fully saturated rings. The average molecular weight is 256 g/mol. The smallest absolute Gasteiger partial charge is 0.155 e. The highest BCUT2D eigenvalue weighted by atomic mass is 79.9. The molecule has 2 rings (SSSR count). The van der Waals surface area contributed by atoms with Gasteiger partial charge >= 0.3 is 0 Å². The Bertz CT molecular complexity index is 464. The highest BCUT2D eigenvalue weighted by molar-refractivity contribution is 9.10. The zero-order valence-electron chi connectivity index (χ0n) is 7.66. The zero-order valence-corrected chi connectivity index (χ0v) is 9.24. The van der Waals surface area contributed by atoms with Crippen LogP contribution in [0.5, 0.6) is 0 Å². The Morgan fingerprint density at radius 1 is 1.57 bits per heavy atom. The van der Waals surface area contributed by atoms with E-state index < -0.39 is 0 Å². The van der Waals surface area contributed by atoms with Crippen molar-refractivity contribution in [2.75, 3.05) is 12.4 Å². The van der Waals surface area contributed by atoms with Gasteiger partial charge in [0.2, 0.25) is 0 Å². The lowest BCUT2D eigenvalue weighted by Crippen LogP contribution is -1.99. The third-order valence-corrected chi connectivity index (χ3v) is 2.73. The summed E-state index contributed by atoms with van der Waals surface area (Å²) in [6, 6.07) is 3.76. The summed E-state index contributed by atoms with van der Waals surface area (Å²) in [4.78, 5) is 4.31. The van der Waals surface area contributed by atoms with Gasteiger partial charge in [0.15, 0.2) is 5.65 Å². The summed E-state index contributed by atoms with van der Waals surface area (Å²) in [5, 5.41) is 7.26. The third-order valence-electron chi connectivity index (χ3n) is 1.94. The first kappa shape index (κ1) is 9.42. The van der Waals surface area contributed by atoms with Crippen LogP contribution in [0.2, 0.25) is 0 Å². The Morgan fingerprint density at radius 2 is 2.36 bits per heavy atom. The Balaban J connectivity index is 2.68. The van der Waals surface area contributed by atoms with Crippen molar-refractivity contribution in [2.45, 2.75) is 6.54 Å². The summed E-state index contributed by atoms with van der Waals surface area (Å²) in [5.41, 5.74) is 7.13. The SMILES string of the molecule is CNc1ccc2nc(CN)c(Br)n2n1. The zero-order chi connectivity index (χ0) is 10.1. The van der Waals surface area contributed by atoms with E-state index in [4.69, 9.17) is 5.73 Å². The summed E-state index contributed by atoms with van der Waals surface area (Å²) in [6.45, 7) is 0.402. The molecule has 0 bridgehead atoms. The van der Waals surface area contributed by atoms with Gasteiger partial charge in [0.25, 0.3) is 0 Å². The van der Waals surface area contributed by atoms with Crippen molar-refractivity contribution in [3.05, 3.63) is 22.4 Å². The number of fused-ring (bicyclic) bond motifs is 1. The number of rotatable bonds is 2. The quantitative estimate of drug-likeness (QED) is 0.840. The molecular formula is C8H10BrN5. The number of nitrogens with two attached hydrogens (primary N) is 1. The van der Waals surface area contributed by atoms with Gasteiger partial charge in [-0.25, -0.2) is 9.50 Å². The van der Waals surface area contributed by atoms with Crippen LogP contribution in [0, 0.1) is 0 Å². The molecule has 0 saturated carbocycles. The van der Waals surface area contributed by atoms with E-state index in [0.29, 0.717) is 6.54 Å². The Hall–Kier alpha value is -1.14. The fraction of sp³-hybridized carbons (Fsp3) is 0.250. The molecule has 5 nitrogen and oxygen atoms in total. The second-order valence-corrected chi connectivity index (χ2v) is 3.54. The molecule has 74 valence electrons. The normalized spacial score (nSPS) is 10.8. The number of hydrogen-bond acceptors (Lipinski definition) is 4. The second-order valence-electron chi connectivity index (χ2n) is 2.79. The molecule has 0 aromatic carbocycles. The molecule has 14 heavy (non-hydrogen) atoms. The molecule has 6 heteroatoms. The minimum Gasteiger partial charge on any atom is -0.372 e. The van der Waals surface area contributed by atoms with Crippen molar-refractivity contribution in [1.29, 1.82) is 0 Å². The van der Waals surface area contributed by atoms with Gasteiger partial charge in [-0.15, -0.1) is 5.10 Å². The number of hydrogen-bond donors (Lipinski definition) is 2. The van der Waals surface area contributed by atoms with E-state index in [0.717, 1.165) is 21.8 Å². The molecule has 0 aliphatic heterocycles. The first-order chi connectivity index (χ1) is 6.76. The summed E-state index contributed by atoms with van der Waals surface area (Å²) in [6.07, 6.45) is 0. The monoisotopic (exact) mass is 255 g/mol. The van der Waals surface area contributed by atoms with Crippen LogP contribution in [0.3, 0.4) is 0 Å². The van der Waals surface area contributed by atoms with Gasteiger partial charge in [-0.3, -0.25) is 0 Å². The van der Waals surface area contributed by atoms with Crippen LogP contribution >= 0.6 is 15.9 Å². The van der Waals surface area contributed by atoms with Gasteiger partial charge in [-0.2, -0.15) is 0 Å². The summed E-state index contributed by atoms with van der Waals surface area (Å²) in [7, 11) is 1.82. The van der Waals surface area contributed by atoms with Crippen LogP contribution in [0.4, 0.5) is 5.82 Å². The fourth-order valence-electron chi connectivity index (χ4n) is 1.22. The molecule has 0 aliphatic carbocycles. The van der Waals surface area contributed by atoms with Gasteiger partial charge in [0.05, 0.1) is 5.69 Å². The largest absolute Gasteiger partial charge is 0.372 e. The predicted molar refractivity (Wildman–Crippen MR) is 58.1 cm³/mol. The third kappa shape index (κ3) is 1.36. The summed E-state index contributed by atoms with van der Waals surface area (Å²) < 4.78 is 2.53. The highest BCUT2D eigenvalue weighted by Crippen LogP contribution is 2.18. The van der Waals surface area contributed by atoms with Gasteiger partial charge < -0.3 is 11.1 Å². The van der Waals surface area contributed by atoms with Crippen LogP contribution in [-0.2, 0) is 6.54 Å². The molecule has 2 aromatic heterocycles. The molecule has 0 aliphatic rings. The topological polar surface area (TPSA) is 68.2 Å². The lowest BCUT2D eigenvalue weighted by atomic mass is 10.5. The van der Waals surface area contributed by atoms with Crippen molar-refractivity contribution in [2.24, 2.45) is 5.73 Å². The van der Waals surface area contributed by atoms with E-state index >= 15 is 0 Å². The number of halogens is 1. The molecule has 0 amide bonds. The maximum atomic E-state index is 5.54. The minimum atomic E-state index is 0.402. The number of nitrogens with one attached hydrogen (secondary N) is 1. The Morgan fingerprint density at radius 3 is 3.00 bits per heavy atom. The number of imidazole rings is 1. The van der Waals surface area contributed by atoms with Crippen LogP contribution in [-0.4, -0.2) is 21.6 Å². The highest BCUT2D eigenvalue weighted by Gasteiger charge is 2.08. The molecule has 0 spiro atoms. The Kier molecular flexibility index (Phi) is 2.39. The maximum Gasteiger partial charge on any atom is 0.155 e. The van der Waals surface area contributed by atoms with Gasteiger partial charge in [0.1, 0.15) is 10.4 Å². The van der Waals surface area contributed by atoms with Crippen molar-refractivity contribution in [3.8, 4) is 0 Å². The van der Waals surface area contributed by atoms with Crippen LogP contribution in [0.15, 0.2) is 16.7 Å². The van der Waals surface area contributed by atoms with E-state index in [1.54, 1.807) is 4.52 Å². The van der Waals surface area contributed by atoms with E-state index in [1.807, 2.05) is 19.2 Å². The van der Waals surface area contributed by atoms with E-state index in [1.165, 1.54) is 0 Å². The number of nitrogens with zero attached hydrogens (tertiary/aromatic N) is 3. The van der Waals surface area contributed by atoms with Gasteiger partial charge in [0, 0.05) is 13.6 Å². The molecule has 3 N–H and O–H groups in total. The van der Waals surface area contributed by atoms with Crippen molar-refractivity contribution in [1.82, 2.24) is 14.6 Å². The van der Waals surface area contributed by atoms with Crippen LogP contribution in [0.25, 0.3) is 5.65 Å². The van der Waals surface area contributed by atoms with E-state index in [-0.39, 0.29) is 0 Å². The lowest BCUT2D eigenvalue weighted by Gasteiger charge is -1.99. The lowest BCUT2D eigenvalue weighted by molar-refractivity contribution is 0.906. The first-order valence-corrected chi connectivity index (χ1v) is 4.97. The molecule has 0 atom stereocenters. The van der Waals surface area contributed by atoms with Crippen molar-refractivity contribution >= 4 is 27.4 Å². The molecule has 0 radical (unpaired) electrons. The van der Waals surface area contributed by atoms with Crippen LogP contribution < -0.4 is 11.1 Å². The minimum absolute atomic E-state index is 0.402. The van der Waals surface area contributed by atoms with Gasteiger partial charge in [-0.05, 0) is 28.1 Å². The van der Waals surface area contributed by atoms with E-state index in [9.17, 15) is 0 Å². The number of anilines is 1. The maximum absolute atomic E-state index is 5.54. The summed E-state index contributed by atoms with van der Waals surface area (Å²) in [5.74, 6) is 0.791. The average Bonchev–Trinajstić information content (AvgIpc) is 2.55. The molecule has 2 aromatic rings. The molecule has 2 heterocycles. The van der Waals surface area contributed by atoms with Crippen molar-refractivity contribution < 1.29 is 0 Å². The summed E-state index contributed by atoms with van der Waals surface area (Å²) >= 11 is 3.41. The molecule has 0 unspecified atom stereocenters. The molecule has 0 saturated heterocycles. The van der Waals surface area contributed by atoms with Crippen molar-refractivity contribution in [3.63, 3.8) is 0 Å².